The molecule has 4 fully saturated rings. The number of nitrogen functional groups attached to an aromatic ring is 1. The van der Waals surface area contributed by atoms with E-state index in [4.69, 9.17) is 15.2 Å². The third kappa shape index (κ3) is 9.48. The molecule has 0 amide bonds. The van der Waals surface area contributed by atoms with Crippen LogP contribution in [0.1, 0.15) is 72.0 Å². The zero-order valence-corrected chi connectivity index (χ0v) is 31.1. The lowest BCUT2D eigenvalue weighted by molar-refractivity contribution is -0.0181. The predicted molar refractivity (Wildman–Crippen MR) is 201 cm³/mol. The number of aromatic nitrogens is 2. The van der Waals surface area contributed by atoms with E-state index in [1.807, 2.05) is 27.7 Å². The number of likely N-dealkylation sites (tertiary alicyclic amines) is 2. The van der Waals surface area contributed by atoms with Crippen LogP contribution in [-0.4, -0.2) is 96.2 Å². The molecule has 5 heterocycles. The lowest BCUT2D eigenvalue weighted by atomic mass is 9.92. The van der Waals surface area contributed by atoms with Gasteiger partial charge in [-0.1, -0.05) is 27.7 Å². The summed E-state index contributed by atoms with van der Waals surface area (Å²) in [7, 11) is 0. The first-order valence-electron chi connectivity index (χ1n) is 18.7. The van der Waals surface area contributed by atoms with Crippen LogP contribution in [0.3, 0.4) is 0 Å². The van der Waals surface area contributed by atoms with Crippen molar-refractivity contribution in [1.82, 2.24) is 19.8 Å². The van der Waals surface area contributed by atoms with Crippen LogP contribution in [0, 0.1) is 17.6 Å². The van der Waals surface area contributed by atoms with E-state index in [1.165, 1.54) is 12.1 Å². The van der Waals surface area contributed by atoms with Crippen LogP contribution in [0.4, 0.5) is 20.2 Å². The number of nitrogens with zero attached hydrogens (tertiary/aromatic N) is 4. The van der Waals surface area contributed by atoms with Gasteiger partial charge in [-0.25, -0.2) is 13.8 Å². The molecule has 276 valence electrons. The summed E-state index contributed by atoms with van der Waals surface area (Å²) < 4.78 is 40.9. The Kier molecular flexibility index (Phi) is 14.2. The highest BCUT2D eigenvalue weighted by molar-refractivity contribution is 7.99. The Morgan fingerprint density at radius 2 is 1.60 bits per heavy atom. The summed E-state index contributed by atoms with van der Waals surface area (Å²) in [5.74, 6) is 1.13. The lowest BCUT2D eigenvalue weighted by Crippen LogP contribution is -2.64. The highest BCUT2D eigenvalue weighted by atomic mass is 32.2. The molecule has 4 saturated heterocycles. The van der Waals surface area contributed by atoms with Gasteiger partial charge in [-0.15, -0.1) is 0 Å². The van der Waals surface area contributed by atoms with Crippen molar-refractivity contribution in [2.45, 2.75) is 89.3 Å². The van der Waals surface area contributed by atoms with Crippen molar-refractivity contribution >= 4 is 34.0 Å². The van der Waals surface area contributed by atoms with Gasteiger partial charge in [0.05, 0.1) is 23.6 Å². The largest absolute Gasteiger partial charge is 0.493 e. The molecule has 9 nitrogen and oxygen atoms in total. The van der Waals surface area contributed by atoms with Crippen LogP contribution in [0.25, 0.3) is 10.9 Å². The molecule has 3 aromatic rings. The molecular weight excluding hydrogens is 659 g/mol. The third-order valence-electron chi connectivity index (χ3n) is 10.2. The summed E-state index contributed by atoms with van der Waals surface area (Å²) in [6, 6.07) is 9.13. The highest BCUT2D eigenvalue weighted by Gasteiger charge is 2.38. The molecular formula is C38H56F2N6O3S. The fourth-order valence-electron chi connectivity index (χ4n) is 7.41. The number of halogens is 2. The normalized spacial score (nSPS) is 20.1. The fourth-order valence-corrected chi connectivity index (χ4v) is 8.46. The van der Waals surface area contributed by atoms with Gasteiger partial charge in [0.25, 0.3) is 5.56 Å². The number of H-pyrrole nitrogens is 1. The summed E-state index contributed by atoms with van der Waals surface area (Å²) in [4.78, 5) is 27.4. The number of nitrogens with one attached hydrogen (secondary N) is 1. The topological polar surface area (TPSA) is 100.0 Å². The fraction of sp³-hybridized carbons (Fsp3) is 0.632. The van der Waals surface area contributed by atoms with Gasteiger partial charge in [0.2, 0.25) is 0 Å². The Labute approximate surface area is 300 Å². The molecule has 12 heteroatoms. The molecule has 0 unspecified atom stereocenters. The predicted octanol–water partition coefficient (Wildman–Crippen LogP) is 6.69. The number of hydrogen-bond donors (Lipinski definition) is 2. The van der Waals surface area contributed by atoms with Crippen molar-refractivity contribution in [1.29, 1.82) is 0 Å². The molecule has 4 aliphatic rings. The van der Waals surface area contributed by atoms with Gasteiger partial charge in [-0.3, -0.25) is 14.6 Å². The summed E-state index contributed by atoms with van der Waals surface area (Å²) in [5.41, 5.74) is 6.73. The van der Waals surface area contributed by atoms with Crippen molar-refractivity contribution in [3.05, 3.63) is 58.1 Å². The molecule has 3 N–H and O–H groups in total. The van der Waals surface area contributed by atoms with Crippen molar-refractivity contribution in [2.75, 3.05) is 69.7 Å². The minimum atomic E-state index is -0.600. The summed E-state index contributed by atoms with van der Waals surface area (Å²) in [6.45, 7) is 16.1. The number of hydrogen-bond acceptors (Lipinski definition) is 9. The maximum Gasteiger partial charge on any atom is 0.261 e. The Balaban J connectivity index is 0.00000117. The van der Waals surface area contributed by atoms with E-state index in [0.29, 0.717) is 64.1 Å². The minimum Gasteiger partial charge on any atom is -0.493 e. The van der Waals surface area contributed by atoms with E-state index in [-0.39, 0.29) is 11.2 Å². The van der Waals surface area contributed by atoms with E-state index in [1.54, 1.807) is 30.0 Å². The molecule has 0 bridgehead atoms. The van der Waals surface area contributed by atoms with E-state index in [9.17, 15) is 13.6 Å². The number of piperidine rings is 2. The first-order chi connectivity index (χ1) is 24.4. The molecule has 2 aromatic carbocycles. The van der Waals surface area contributed by atoms with Crippen LogP contribution >= 0.6 is 11.8 Å². The van der Waals surface area contributed by atoms with Crippen molar-refractivity contribution in [2.24, 2.45) is 5.92 Å². The molecule has 0 saturated carbocycles. The van der Waals surface area contributed by atoms with Gasteiger partial charge >= 0.3 is 0 Å². The number of rotatable bonds is 9. The van der Waals surface area contributed by atoms with Gasteiger partial charge < -0.3 is 25.1 Å². The Morgan fingerprint density at radius 3 is 2.28 bits per heavy atom. The molecule has 0 aliphatic carbocycles. The van der Waals surface area contributed by atoms with Crippen LogP contribution < -0.4 is 20.9 Å². The molecule has 7 rings (SSSR count). The molecule has 50 heavy (non-hydrogen) atoms. The van der Waals surface area contributed by atoms with Crippen LogP contribution in [0.2, 0.25) is 0 Å². The van der Waals surface area contributed by atoms with Crippen LogP contribution in [-0.2, 0) is 10.5 Å². The van der Waals surface area contributed by atoms with E-state index in [0.717, 1.165) is 91.0 Å². The van der Waals surface area contributed by atoms with E-state index >= 15 is 0 Å². The molecule has 0 atom stereocenters. The van der Waals surface area contributed by atoms with Gasteiger partial charge in [-0.05, 0) is 75.7 Å². The molecule has 0 spiro atoms. The Bertz CT molecular complexity index is 1570. The summed E-state index contributed by atoms with van der Waals surface area (Å²) in [5, 5.41) is 0.463. The maximum absolute atomic E-state index is 15.0. The second-order valence-electron chi connectivity index (χ2n) is 13.3. The molecule has 0 radical (unpaired) electrons. The number of anilines is 2. The van der Waals surface area contributed by atoms with Gasteiger partial charge in [-0.2, -0.15) is 11.8 Å². The monoisotopic (exact) mass is 714 g/mol. The van der Waals surface area contributed by atoms with Gasteiger partial charge in [0.15, 0.2) is 0 Å². The number of benzene rings is 2. The van der Waals surface area contributed by atoms with Crippen molar-refractivity contribution < 1.29 is 18.3 Å². The van der Waals surface area contributed by atoms with Crippen LogP contribution in [0.15, 0.2) is 35.1 Å². The smallest absolute Gasteiger partial charge is 0.261 e. The van der Waals surface area contributed by atoms with Crippen molar-refractivity contribution in [3.8, 4) is 5.75 Å². The highest BCUT2D eigenvalue weighted by Crippen LogP contribution is 2.31. The third-order valence-corrected chi connectivity index (χ3v) is 11.6. The second kappa shape index (κ2) is 18.5. The first kappa shape index (κ1) is 38.3. The molecule has 1 aromatic heterocycles. The summed E-state index contributed by atoms with van der Waals surface area (Å²) in [6.07, 6.45) is 6.16. The number of nitrogens with two attached hydrogens (primary N) is 1. The average Bonchev–Trinajstić information content (AvgIpc) is 3.12. The number of thioether (sulfide) groups is 1. The lowest BCUT2D eigenvalue weighted by Gasteiger charge is -2.52. The standard InChI is InChI=1S/C34H44F2N6O3S.2C2H6/c35-28-15-23(37)1-2-31(28)41-11-5-24(6-12-41)42-18-25(19-42)40-9-3-22(4-10-40)20-45-26-16-29(36)33-30(17-26)38-32(39-34(33)43)21-46-27-7-13-44-14-8-27;2*1-2/h1-2,15-17,22,24-25,27H,3-14,18-21,37H2,(H,38,39,43);2*1-2H3. The zero-order valence-electron chi connectivity index (χ0n) is 30.3. The summed E-state index contributed by atoms with van der Waals surface area (Å²) >= 11 is 1.76. The van der Waals surface area contributed by atoms with Crippen LogP contribution in [0.5, 0.6) is 5.75 Å². The SMILES string of the molecule is CC.CC.Nc1ccc(N2CCC(N3CC(N4CCC(COc5cc(F)c6c(=O)[nH]c(CSC7CCOCC7)nc6c5)CC4)C3)CC2)c(F)c1. The van der Waals surface area contributed by atoms with Gasteiger partial charge in [0.1, 0.15) is 28.6 Å². The zero-order chi connectivity index (χ0) is 35.6. The van der Waals surface area contributed by atoms with E-state index in [2.05, 4.69) is 24.7 Å². The Hall–Kier alpha value is -2.93. The first-order valence-corrected chi connectivity index (χ1v) is 19.8. The second-order valence-corrected chi connectivity index (χ2v) is 14.6. The number of ether oxygens (including phenoxy) is 2. The average molecular weight is 715 g/mol. The number of aromatic amines is 1. The Morgan fingerprint density at radius 1 is 0.900 bits per heavy atom. The molecule has 4 aliphatic heterocycles. The minimum absolute atomic E-state index is 0.0173. The van der Waals surface area contributed by atoms with E-state index < -0.39 is 11.4 Å². The quantitative estimate of drug-likeness (QED) is 0.235. The van der Waals surface area contributed by atoms with Gasteiger partial charge in [0, 0.05) is 74.5 Å². The van der Waals surface area contributed by atoms with Crippen molar-refractivity contribution in [3.63, 3.8) is 0 Å². The maximum atomic E-state index is 15.0. The number of fused-ring (bicyclic) bond motifs is 1.